The molecule has 5 heteroatoms. The maximum atomic E-state index is 12.3. The molecule has 1 rings (SSSR count). The van der Waals surface area contributed by atoms with Crippen LogP contribution >= 0.6 is 0 Å². The van der Waals surface area contributed by atoms with E-state index in [1.165, 1.54) is 4.90 Å². The van der Waals surface area contributed by atoms with Crippen molar-refractivity contribution in [3.05, 3.63) is 11.1 Å². The van der Waals surface area contributed by atoms with E-state index in [4.69, 9.17) is 4.74 Å². The van der Waals surface area contributed by atoms with Gasteiger partial charge < -0.3 is 4.74 Å². The Kier molecular flexibility index (Phi) is 8.33. The number of nitrogens with zero attached hydrogens (tertiary/aromatic N) is 1. The van der Waals surface area contributed by atoms with Gasteiger partial charge in [0.05, 0.1) is 12.0 Å². The summed E-state index contributed by atoms with van der Waals surface area (Å²) in [6.07, 6.45) is 5.74. The average molecular weight is 351 g/mol. The van der Waals surface area contributed by atoms with E-state index in [0.29, 0.717) is 30.7 Å². The first-order chi connectivity index (χ1) is 11.8. The second kappa shape index (κ2) is 9.73. The molecule has 0 saturated heterocycles. The normalized spacial score (nSPS) is 15.3. The highest BCUT2D eigenvalue weighted by molar-refractivity contribution is 6.19. The maximum absolute atomic E-state index is 12.3. The summed E-state index contributed by atoms with van der Waals surface area (Å²) < 4.78 is 5.30. The number of hydrogen-bond acceptors (Lipinski definition) is 4. The fourth-order valence-electron chi connectivity index (χ4n) is 2.72. The van der Waals surface area contributed by atoms with E-state index in [0.717, 1.165) is 38.5 Å². The molecule has 0 bridgehead atoms. The van der Waals surface area contributed by atoms with E-state index in [1.807, 2.05) is 27.7 Å². The highest BCUT2D eigenvalue weighted by Gasteiger charge is 2.34. The molecule has 0 fully saturated rings. The van der Waals surface area contributed by atoms with Crippen molar-refractivity contribution in [1.82, 2.24) is 4.90 Å². The molecule has 0 saturated carbocycles. The molecule has 0 spiro atoms. The van der Waals surface area contributed by atoms with Crippen molar-refractivity contribution >= 4 is 17.8 Å². The van der Waals surface area contributed by atoms with Gasteiger partial charge >= 0.3 is 5.97 Å². The molecular formula is C20H33NO4. The van der Waals surface area contributed by atoms with Crippen LogP contribution in [0.3, 0.4) is 0 Å². The highest BCUT2D eigenvalue weighted by atomic mass is 16.5. The molecule has 0 aromatic heterocycles. The number of amides is 2. The third-order valence-electron chi connectivity index (χ3n) is 4.97. The van der Waals surface area contributed by atoms with Crippen molar-refractivity contribution in [3.63, 3.8) is 0 Å². The van der Waals surface area contributed by atoms with Crippen LogP contribution in [0.5, 0.6) is 0 Å². The van der Waals surface area contributed by atoms with Crippen LogP contribution in [0.4, 0.5) is 0 Å². The minimum absolute atomic E-state index is 0.111. The van der Waals surface area contributed by atoms with Crippen molar-refractivity contribution in [2.75, 3.05) is 13.2 Å². The zero-order valence-electron chi connectivity index (χ0n) is 16.4. The minimum atomic E-state index is -0.419. The Hall–Kier alpha value is -1.65. The summed E-state index contributed by atoms with van der Waals surface area (Å²) >= 11 is 0. The van der Waals surface area contributed by atoms with Crippen molar-refractivity contribution < 1.29 is 19.1 Å². The van der Waals surface area contributed by atoms with Crippen LogP contribution in [0, 0.1) is 5.41 Å². The lowest BCUT2D eigenvalue weighted by Crippen LogP contribution is -2.32. The van der Waals surface area contributed by atoms with Crippen molar-refractivity contribution in [2.24, 2.45) is 5.41 Å². The van der Waals surface area contributed by atoms with Crippen LogP contribution < -0.4 is 0 Å². The van der Waals surface area contributed by atoms with Crippen molar-refractivity contribution in [2.45, 2.75) is 79.6 Å². The Morgan fingerprint density at radius 3 is 2.28 bits per heavy atom. The average Bonchev–Trinajstić information content (AvgIpc) is 2.78. The number of carbonyl (C=O) groups excluding carboxylic acids is 3. The molecule has 0 aromatic rings. The zero-order valence-corrected chi connectivity index (χ0v) is 16.4. The molecule has 1 aliphatic rings. The Morgan fingerprint density at radius 2 is 1.68 bits per heavy atom. The van der Waals surface area contributed by atoms with Gasteiger partial charge in [-0.05, 0) is 52.9 Å². The molecule has 0 atom stereocenters. The maximum Gasteiger partial charge on any atom is 0.311 e. The molecule has 0 aliphatic carbocycles. The molecule has 0 aromatic carbocycles. The molecule has 1 heterocycles. The Bertz CT molecular complexity index is 534. The summed E-state index contributed by atoms with van der Waals surface area (Å²) in [5.74, 6) is -0.391. The van der Waals surface area contributed by atoms with Gasteiger partial charge in [-0.2, -0.15) is 0 Å². The number of unbranched alkanes of at least 4 members (excludes halogenated alkanes) is 3. The number of esters is 1. The Morgan fingerprint density at radius 1 is 1.04 bits per heavy atom. The largest absolute Gasteiger partial charge is 0.465 e. The smallest absolute Gasteiger partial charge is 0.311 e. The van der Waals surface area contributed by atoms with Crippen LogP contribution in [-0.4, -0.2) is 35.8 Å². The predicted octanol–water partition coefficient (Wildman–Crippen LogP) is 4.01. The number of imide groups is 1. The monoisotopic (exact) mass is 351 g/mol. The van der Waals surface area contributed by atoms with Gasteiger partial charge in [0, 0.05) is 17.7 Å². The van der Waals surface area contributed by atoms with Gasteiger partial charge in [-0.25, -0.2) is 0 Å². The standard InChI is InChI=1S/C20H33NO4/c1-6-12-16-15(3)17(22)21(18(16)23)13-10-8-9-11-14-25-19(24)20(4,5)7-2/h6-14H2,1-5H3. The molecule has 5 nitrogen and oxygen atoms in total. The Balaban J connectivity index is 2.22. The molecule has 0 N–H and O–H groups in total. The van der Waals surface area contributed by atoms with Gasteiger partial charge in [0.25, 0.3) is 11.8 Å². The van der Waals surface area contributed by atoms with Gasteiger partial charge in [-0.1, -0.05) is 26.7 Å². The van der Waals surface area contributed by atoms with Gasteiger partial charge in [0.1, 0.15) is 0 Å². The third kappa shape index (κ3) is 5.68. The first-order valence-corrected chi connectivity index (χ1v) is 9.49. The van der Waals surface area contributed by atoms with E-state index in [9.17, 15) is 14.4 Å². The topological polar surface area (TPSA) is 63.7 Å². The van der Waals surface area contributed by atoms with Crippen LogP contribution in [0.1, 0.15) is 79.6 Å². The van der Waals surface area contributed by atoms with Gasteiger partial charge in [-0.3, -0.25) is 19.3 Å². The number of carbonyl (C=O) groups is 3. The second-order valence-electron chi connectivity index (χ2n) is 7.40. The van der Waals surface area contributed by atoms with E-state index >= 15 is 0 Å². The van der Waals surface area contributed by atoms with E-state index in [1.54, 1.807) is 6.92 Å². The van der Waals surface area contributed by atoms with Gasteiger partial charge in [-0.15, -0.1) is 0 Å². The highest BCUT2D eigenvalue weighted by Crippen LogP contribution is 2.24. The number of ether oxygens (including phenoxy) is 1. The van der Waals surface area contributed by atoms with Gasteiger partial charge in [0.15, 0.2) is 0 Å². The number of hydrogen-bond donors (Lipinski definition) is 0. The second-order valence-corrected chi connectivity index (χ2v) is 7.40. The first kappa shape index (κ1) is 21.4. The summed E-state index contributed by atoms with van der Waals surface area (Å²) in [6.45, 7) is 10.4. The summed E-state index contributed by atoms with van der Waals surface area (Å²) in [7, 11) is 0. The first-order valence-electron chi connectivity index (χ1n) is 9.49. The van der Waals surface area contributed by atoms with Crippen LogP contribution in [0.25, 0.3) is 0 Å². The number of rotatable bonds is 11. The molecule has 142 valence electrons. The molecular weight excluding hydrogens is 318 g/mol. The fourth-order valence-corrected chi connectivity index (χ4v) is 2.72. The van der Waals surface area contributed by atoms with E-state index in [2.05, 4.69) is 0 Å². The van der Waals surface area contributed by atoms with Crippen LogP contribution in [-0.2, 0) is 19.1 Å². The summed E-state index contributed by atoms with van der Waals surface area (Å²) in [5, 5.41) is 0. The quantitative estimate of drug-likeness (QED) is 0.320. The fraction of sp³-hybridized carbons (Fsp3) is 0.750. The molecule has 25 heavy (non-hydrogen) atoms. The Labute approximate surface area is 151 Å². The molecule has 2 amide bonds. The van der Waals surface area contributed by atoms with Crippen molar-refractivity contribution in [3.8, 4) is 0 Å². The lowest BCUT2D eigenvalue weighted by molar-refractivity contribution is -0.154. The van der Waals surface area contributed by atoms with E-state index < -0.39 is 5.41 Å². The minimum Gasteiger partial charge on any atom is -0.465 e. The van der Waals surface area contributed by atoms with Crippen LogP contribution in [0.2, 0.25) is 0 Å². The van der Waals surface area contributed by atoms with Crippen LogP contribution in [0.15, 0.2) is 11.1 Å². The summed E-state index contributed by atoms with van der Waals surface area (Å²) in [6, 6.07) is 0. The lowest BCUT2D eigenvalue weighted by Gasteiger charge is -2.20. The third-order valence-corrected chi connectivity index (χ3v) is 4.97. The summed E-state index contributed by atoms with van der Waals surface area (Å²) in [5.41, 5.74) is 0.868. The molecule has 0 radical (unpaired) electrons. The van der Waals surface area contributed by atoms with Gasteiger partial charge in [0.2, 0.25) is 0 Å². The zero-order chi connectivity index (χ0) is 19.0. The molecule has 1 aliphatic heterocycles. The predicted molar refractivity (Wildman–Crippen MR) is 97.8 cm³/mol. The SMILES string of the molecule is CCCC1=C(C)C(=O)N(CCCCCCOC(=O)C(C)(C)CC)C1=O. The van der Waals surface area contributed by atoms with E-state index in [-0.39, 0.29) is 17.8 Å². The van der Waals surface area contributed by atoms with Crippen molar-refractivity contribution in [1.29, 1.82) is 0 Å². The molecule has 0 unspecified atom stereocenters. The lowest BCUT2D eigenvalue weighted by atomic mass is 9.91. The summed E-state index contributed by atoms with van der Waals surface area (Å²) in [4.78, 5) is 37.6.